The Labute approximate surface area is 176 Å². The van der Waals surface area contributed by atoms with E-state index in [4.69, 9.17) is 0 Å². The molecule has 0 aliphatic carbocycles. The van der Waals surface area contributed by atoms with Crippen LogP contribution in [0.3, 0.4) is 0 Å². The summed E-state index contributed by atoms with van der Waals surface area (Å²) in [5.41, 5.74) is 5.88. The van der Waals surface area contributed by atoms with Crippen molar-refractivity contribution in [2.75, 3.05) is 4.90 Å². The second kappa shape index (κ2) is 6.97. The van der Waals surface area contributed by atoms with Crippen LogP contribution < -0.4 is 4.90 Å². The van der Waals surface area contributed by atoms with E-state index in [1.54, 1.807) is 11.1 Å². The van der Waals surface area contributed by atoms with Crippen molar-refractivity contribution in [2.45, 2.75) is 13.0 Å². The Kier molecular flexibility index (Phi) is 4.28. The van der Waals surface area contributed by atoms with Gasteiger partial charge >= 0.3 is 0 Å². The predicted octanol–water partition coefficient (Wildman–Crippen LogP) is 5.29. The molecule has 2 aromatic heterocycles. The molecule has 0 spiro atoms. The predicted molar refractivity (Wildman–Crippen MR) is 116 cm³/mol. The summed E-state index contributed by atoms with van der Waals surface area (Å²) in [5.74, 6) is -0.102. The monoisotopic (exact) mass is 444 g/mol. The molecule has 0 radical (unpaired) electrons. The standard InChI is InChI=1S/C23H17BrN4O/c1-14-5-11-17(12-6-14)28-22(18-4-2-3-13-25-18)19-20(26-27-21(19)23(28)29)15-7-9-16(24)10-8-15/h2-13,22H,1H3,(H,26,27)/t22-/m1/s1. The number of carbonyl (C=O) groups is 1. The molecule has 1 aliphatic rings. The van der Waals surface area contributed by atoms with Crippen LogP contribution in [0, 0.1) is 6.92 Å². The summed E-state index contributed by atoms with van der Waals surface area (Å²) >= 11 is 3.47. The van der Waals surface area contributed by atoms with Gasteiger partial charge in [0.1, 0.15) is 11.7 Å². The first kappa shape index (κ1) is 17.8. The number of anilines is 1. The minimum atomic E-state index is -0.348. The lowest BCUT2D eigenvalue weighted by Crippen LogP contribution is -2.29. The third-order valence-corrected chi connectivity index (χ3v) is 5.69. The number of fused-ring (bicyclic) bond motifs is 1. The van der Waals surface area contributed by atoms with Crippen molar-refractivity contribution in [1.82, 2.24) is 15.2 Å². The molecule has 0 bridgehead atoms. The van der Waals surface area contributed by atoms with Crippen LogP contribution >= 0.6 is 15.9 Å². The van der Waals surface area contributed by atoms with E-state index < -0.39 is 0 Å². The summed E-state index contributed by atoms with van der Waals surface area (Å²) < 4.78 is 0.993. The van der Waals surface area contributed by atoms with E-state index >= 15 is 0 Å². The molecule has 1 atom stereocenters. The molecule has 1 aliphatic heterocycles. The van der Waals surface area contributed by atoms with E-state index in [9.17, 15) is 4.79 Å². The Morgan fingerprint density at radius 1 is 1.00 bits per heavy atom. The van der Waals surface area contributed by atoms with Gasteiger partial charge in [-0.2, -0.15) is 5.10 Å². The van der Waals surface area contributed by atoms with Crippen LogP contribution in [0.4, 0.5) is 5.69 Å². The third-order valence-electron chi connectivity index (χ3n) is 5.17. The molecule has 3 heterocycles. The number of aryl methyl sites for hydroxylation is 1. The highest BCUT2D eigenvalue weighted by Gasteiger charge is 2.43. The summed E-state index contributed by atoms with van der Waals surface area (Å²) in [4.78, 5) is 19.8. The van der Waals surface area contributed by atoms with Gasteiger partial charge in [0.2, 0.25) is 0 Å². The molecule has 0 saturated carbocycles. The first-order chi connectivity index (χ1) is 14.1. The molecule has 4 aromatic rings. The molecule has 1 N–H and O–H groups in total. The van der Waals surface area contributed by atoms with Crippen LogP contribution in [0.5, 0.6) is 0 Å². The molecule has 6 heteroatoms. The zero-order valence-corrected chi connectivity index (χ0v) is 17.2. The molecular formula is C23H17BrN4O. The van der Waals surface area contributed by atoms with E-state index in [-0.39, 0.29) is 11.9 Å². The molecular weight excluding hydrogens is 428 g/mol. The number of amides is 1. The van der Waals surface area contributed by atoms with Crippen molar-refractivity contribution in [1.29, 1.82) is 0 Å². The number of nitrogens with zero attached hydrogens (tertiary/aromatic N) is 3. The number of rotatable bonds is 3. The van der Waals surface area contributed by atoms with Gasteiger partial charge in [0.25, 0.3) is 5.91 Å². The van der Waals surface area contributed by atoms with Crippen LogP contribution in [-0.4, -0.2) is 21.1 Å². The number of H-pyrrole nitrogens is 1. The Balaban J connectivity index is 1.71. The fourth-order valence-electron chi connectivity index (χ4n) is 3.76. The smallest absolute Gasteiger partial charge is 0.277 e. The van der Waals surface area contributed by atoms with Gasteiger partial charge in [0, 0.05) is 27.5 Å². The summed E-state index contributed by atoms with van der Waals surface area (Å²) in [5, 5.41) is 7.47. The average Bonchev–Trinajstić information content (AvgIpc) is 3.29. The third kappa shape index (κ3) is 2.96. The molecule has 0 unspecified atom stereocenters. The molecule has 0 fully saturated rings. The summed E-state index contributed by atoms with van der Waals surface area (Å²) in [6, 6.07) is 21.3. The van der Waals surface area contributed by atoms with E-state index in [2.05, 4.69) is 31.1 Å². The molecule has 5 nitrogen and oxygen atoms in total. The highest BCUT2D eigenvalue weighted by atomic mass is 79.9. The molecule has 2 aromatic carbocycles. The fourth-order valence-corrected chi connectivity index (χ4v) is 4.03. The molecule has 29 heavy (non-hydrogen) atoms. The van der Waals surface area contributed by atoms with E-state index in [0.717, 1.165) is 38.2 Å². The second-order valence-corrected chi connectivity index (χ2v) is 7.95. The van der Waals surface area contributed by atoms with Crippen molar-refractivity contribution >= 4 is 27.5 Å². The van der Waals surface area contributed by atoms with Crippen LogP contribution in [0.25, 0.3) is 11.3 Å². The minimum absolute atomic E-state index is 0.102. The van der Waals surface area contributed by atoms with Crippen molar-refractivity contribution < 1.29 is 4.79 Å². The van der Waals surface area contributed by atoms with Gasteiger partial charge in [-0.25, -0.2) is 0 Å². The summed E-state index contributed by atoms with van der Waals surface area (Å²) in [7, 11) is 0. The van der Waals surface area contributed by atoms with Gasteiger partial charge in [-0.15, -0.1) is 0 Å². The maximum atomic E-state index is 13.4. The molecule has 1 amide bonds. The van der Waals surface area contributed by atoms with E-state index in [0.29, 0.717) is 5.69 Å². The van der Waals surface area contributed by atoms with Gasteiger partial charge in [-0.1, -0.05) is 51.8 Å². The Bertz CT molecular complexity index is 1180. The number of pyridine rings is 1. The van der Waals surface area contributed by atoms with Gasteiger partial charge in [0.05, 0.1) is 11.4 Å². The number of aromatic nitrogens is 3. The van der Waals surface area contributed by atoms with Crippen molar-refractivity contribution in [2.24, 2.45) is 0 Å². The quantitative estimate of drug-likeness (QED) is 0.466. The van der Waals surface area contributed by atoms with Crippen molar-refractivity contribution in [3.63, 3.8) is 0 Å². The molecule has 142 valence electrons. The average molecular weight is 445 g/mol. The van der Waals surface area contributed by atoms with Gasteiger partial charge in [-0.05, 0) is 43.3 Å². The maximum Gasteiger partial charge on any atom is 0.277 e. The first-order valence-electron chi connectivity index (χ1n) is 9.29. The summed E-state index contributed by atoms with van der Waals surface area (Å²) in [6.07, 6.45) is 1.75. The first-order valence-corrected chi connectivity index (χ1v) is 10.1. The second-order valence-electron chi connectivity index (χ2n) is 7.04. The molecule has 0 saturated heterocycles. The number of hydrogen-bond donors (Lipinski definition) is 1. The fraction of sp³-hybridized carbons (Fsp3) is 0.0870. The van der Waals surface area contributed by atoms with Crippen LogP contribution in [-0.2, 0) is 0 Å². The Morgan fingerprint density at radius 2 is 1.76 bits per heavy atom. The zero-order chi connectivity index (χ0) is 20.0. The van der Waals surface area contributed by atoms with Crippen LogP contribution in [0.15, 0.2) is 77.4 Å². The number of carbonyl (C=O) groups excluding carboxylic acids is 1. The van der Waals surface area contributed by atoms with Crippen LogP contribution in [0.1, 0.15) is 33.4 Å². The highest BCUT2D eigenvalue weighted by Crippen LogP contribution is 2.44. The number of benzene rings is 2. The number of halogens is 1. The van der Waals surface area contributed by atoms with Crippen molar-refractivity contribution in [3.05, 3.63) is 99.9 Å². The summed E-state index contributed by atoms with van der Waals surface area (Å²) in [6.45, 7) is 2.03. The maximum absolute atomic E-state index is 13.4. The largest absolute Gasteiger partial charge is 0.294 e. The lowest BCUT2D eigenvalue weighted by Gasteiger charge is -2.25. The Hall–Kier alpha value is -3.25. The zero-order valence-electron chi connectivity index (χ0n) is 15.6. The topological polar surface area (TPSA) is 61.9 Å². The van der Waals surface area contributed by atoms with Crippen molar-refractivity contribution in [3.8, 4) is 11.3 Å². The number of nitrogens with one attached hydrogen (secondary N) is 1. The minimum Gasteiger partial charge on any atom is -0.294 e. The highest BCUT2D eigenvalue weighted by molar-refractivity contribution is 9.10. The van der Waals surface area contributed by atoms with Gasteiger partial charge < -0.3 is 0 Å². The number of aromatic amines is 1. The van der Waals surface area contributed by atoms with Gasteiger partial charge in [0.15, 0.2) is 0 Å². The molecule has 5 rings (SSSR count). The normalized spacial score (nSPS) is 15.6. The lowest BCUT2D eigenvalue weighted by atomic mass is 9.99. The number of hydrogen-bond acceptors (Lipinski definition) is 3. The van der Waals surface area contributed by atoms with Gasteiger partial charge in [-0.3, -0.25) is 19.8 Å². The SMILES string of the molecule is Cc1ccc(N2C(=O)c3[nH]nc(-c4ccc(Br)cc4)c3[C@H]2c2ccccn2)cc1. The van der Waals surface area contributed by atoms with E-state index in [1.807, 2.05) is 73.7 Å². The van der Waals surface area contributed by atoms with Crippen LogP contribution in [0.2, 0.25) is 0 Å². The lowest BCUT2D eigenvalue weighted by molar-refractivity contribution is 0.0988. The van der Waals surface area contributed by atoms with E-state index in [1.165, 1.54) is 0 Å². The Morgan fingerprint density at radius 3 is 2.45 bits per heavy atom.